The van der Waals surface area contributed by atoms with E-state index in [4.69, 9.17) is 10.5 Å². The van der Waals surface area contributed by atoms with Gasteiger partial charge in [0.15, 0.2) is 0 Å². The monoisotopic (exact) mass is 462 g/mol. The molecular formula is C27H31FN4O2. The number of benzene rings is 2. The Bertz CT molecular complexity index is 1130. The molecule has 0 saturated carbocycles. The number of hydrogen-bond acceptors (Lipinski definition) is 6. The van der Waals surface area contributed by atoms with Gasteiger partial charge in [0, 0.05) is 56.6 Å². The maximum absolute atomic E-state index is 14.1. The minimum atomic E-state index is -0.369. The number of rotatable bonds is 7. The van der Waals surface area contributed by atoms with E-state index in [0.717, 1.165) is 29.8 Å². The van der Waals surface area contributed by atoms with E-state index in [9.17, 15) is 9.18 Å². The molecule has 1 aliphatic rings. The number of carbonyl (C=O) groups excluding carboxylic acids is 1. The topological polar surface area (TPSA) is 71.7 Å². The molecule has 4 rings (SSSR count). The van der Waals surface area contributed by atoms with Crippen molar-refractivity contribution < 1.29 is 13.9 Å². The fourth-order valence-corrected chi connectivity index (χ4v) is 4.36. The molecule has 0 amide bonds. The van der Waals surface area contributed by atoms with Crippen molar-refractivity contribution in [3.8, 4) is 11.1 Å². The first-order valence-corrected chi connectivity index (χ1v) is 11.7. The number of ether oxygens (including phenoxy) is 1. The van der Waals surface area contributed by atoms with Gasteiger partial charge in [-0.15, -0.1) is 0 Å². The Balaban J connectivity index is 1.57. The van der Waals surface area contributed by atoms with Crippen molar-refractivity contribution in [1.82, 2.24) is 9.88 Å². The molecule has 0 bridgehead atoms. The lowest BCUT2D eigenvalue weighted by atomic mass is 10.00. The molecule has 2 aromatic carbocycles. The zero-order valence-corrected chi connectivity index (χ0v) is 19.7. The lowest BCUT2D eigenvalue weighted by Crippen LogP contribution is -2.47. The molecule has 1 aliphatic heterocycles. The first-order chi connectivity index (χ1) is 16.5. The molecule has 1 saturated heterocycles. The summed E-state index contributed by atoms with van der Waals surface area (Å²) in [7, 11) is 0. The molecule has 34 heavy (non-hydrogen) atoms. The van der Waals surface area contributed by atoms with Crippen molar-refractivity contribution in [2.45, 2.75) is 33.0 Å². The summed E-state index contributed by atoms with van der Waals surface area (Å²) in [5.74, 6) is 0.0145. The van der Waals surface area contributed by atoms with Crippen molar-refractivity contribution in [1.29, 1.82) is 0 Å². The van der Waals surface area contributed by atoms with Crippen molar-refractivity contribution in [2.24, 2.45) is 5.73 Å². The highest BCUT2D eigenvalue weighted by molar-refractivity contribution is 6.02. The van der Waals surface area contributed by atoms with Gasteiger partial charge in [0.25, 0.3) is 0 Å². The summed E-state index contributed by atoms with van der Waals surface area (Å²) in [6, 6.07) is 16.8. The van der Waals surface area contributed by atoms with Gasteiger partial charge in [-0.3, -0.25) is 4.90 Å². The summed E-state index contributed by atoms with van der Waals surface area (Å²) in [5.41, 5.74) is 9.51. The number of pyridine rings is 1. The maximum Gasteiger partial charge on any atom is 0.342 e. The average Bonchev–Trinajstić information content (AvgIpc) is 2.84. The fourth-order valence-electron chi connectivity index (χ4n) is 4.36. The van der Waals surface area contributed by atoms with Crippen molar-refractivity contribution >= 4 is 11.8 Å². The second kappa shape index (κ2) is 10.8. The number of halogens is 1. The molecule has 2 heterocycles. The van der Waals surface area contributed by atoms with E-state index in [-0.39, 0.29) is 24.4 Å². The minimum Gasteiger partial charge on any atom is -0.459 e. The average molecular weight is 463 g/mol. The van der Waals surface area contributed by atoms with E-state index in [2.05, 4.69) is 14.8 Å². The van der Waals surface area contributed by atoms with E-state index in [0.29, 0.717) is 36.6 Å². The van der Waals surface area contributed by atoms with Crippen LogP contribution in [-0.4, -0.2) is 48.1 Å². The molecule has 0 unspecified atom stereocenters. The van der Waals surface area contributed by atoms with Crippen LogP contribution in [0.3, 0.4) is 0 Å². The van der Waals surface area contributed by atoms with Gasteiger partial charge >= 0.3 is 5.97 Å². The Morgan fingerprint density at radius 2 is 1.79 bits per heavy atom. The van der Waals surface area contributed by atoms with Crippen LogP contribution in [0.4, 0.5) is 10.2 Å². The van der Waals surface area contributed by atoms with E-state index >= 15 is 0 Å². The number of esters is 1. The SMILES string of the molecule is CC(C)OC(=O)c1c(-c2ccccc2)ccnc1N1CCN(Cc2cccc(F)c2CN)CC1. The van der Waals surface area contributed by atoms with Crippen LogP contribution >= 0.6 is 0 Å². The van der Waals surface area contributed by atoms with Gasteiger partial charge in [0.1, 0.15) is 17.2 Å². The number of nitrogens with zero attached hydrogens (tertiary/aromatic N) is 3. The molecule has 1 aromatic heterocycles. The summed E-state index contributed by atoms with van der Waals surface area (Å²) in [4.78, 5) is 22.2. The van der Waals surface area contributed by atoms with Crippen LogP contribution in [0.15, 0.2) is 60.8 Å². The van der Waals surface area contributed by atoms with Crippen LogP contribution in [-0.2, 0) is 17.8 Å². The first-order valence-electron chi connectivity index (χ1n) is 11.7. The predicted molar refractivity (Wildman–Crippen MR) is 132 cm³/mol. The molecule has 0 radical (unpaired) electrons. The minimum absolute atomic E-state index is 0.180. The molecule has 0 atom stereocenters. The highest BCUT2D eigenvalue weighted by Gasteiger charge is 2.27. The van der Waals surface area contributed by atoms with Gasteiger partial charge < -0.3 is 15.4 Å². The van der Waals surface area contributed by atoms with Gasteiger partial charge in [-0.05, 0) is 37.1 Å². The molecule has 0 spiro atoms. The standard InChI is InChI=1S/C27H31FN4O2/c1-19(2)34-27(33)25-22(20-7-4-3-5-8-20)11-12-30-26(25)32-15-13-31(14-16-32)18-21-9-6-10-24(28)23(21)17-29/h3-12,19H,13-18,29H2,1-2H3. The lowest BCUT2D eigenvalue weighted by Gasteiger charge is -2.36. The Kier molecular flexibility index (Phi) is 7.55. The summed E-state index contributed by atoms with van der Waals surface area (Å²) >= 11 is 0. The zero-order chi connectivity index (χ0) is 24.1. The number of carbonyl (C=O) groups is 1. The van der Waals surface area contributed by atoms with Crippen LogP contribution in [0.2, 0.25) is 0 Å². The molecule has 2 N–H and O–H groups in total. The normalized spacial score (nSPS) is 14.4. The third kappa shape index (κ3) is 5.26. The summed E-state index contributed by atoms with van der Waals surface area (Å²) in [6.45, 7) is 7.42. The highest BCUT2D eigenvalue weighted by atomic mass is 19.1. The number of aromatic nitrogens is 1. The van der Waals surface area contributed by atoms with Gasteiger partial charge in [0.05, 0.1) is 6.10 Å². The highest BCUT2D eigenvalue weighted by Crippen LogP contribution is 2.31. The quantitative estimate of drug-likeness (QED) is 0.530. The number of piperazine rings is 1. The molecular weight excluding hydrogens is 431 g/mol. The van der Waals surface area contributed by atoms with Crippen LogP contribution in [0.5, 0.6) is 0 Å². The Hall–Kier alpha value is -3.29. The van der Waals surface area contributed by atoms with E-state index in [1.807, 2.05) is 56.3 Å². The molecule has 0 aliphatic carbocycles. The van der Waals surface area contributed by atoms with Crippen molar-refractivity contribution in [2.75, 3.05) is 31.1 Å². The molecule has 6 nitrogen and oxygen atoms in total. The number of nitrogens with two attached hydrogens (primary N) is 1. The molecule has 3 aromatic rings. The summed E-state index contributed by atoms with van der Waals surface area (Å²) < 4.78 is 19.7. The molecule has 7 heteroatoms. The van der Waals surface area contributed by atoms with Crippen LogP contribution in [0, 0.1) is 5.82 Å². The third-order valence-corrected chi connectivity index (χ3v) is 6.05. The van der Waals surface area contributed by atoms with Gasteiger partial charge in [-0.1, -0.05) is 42.5 Å². The van der Waals surface area contributed by atoms with Gasteiger partial charge in [0.2, 0.25) is 0 Å². The third-order valence-electron chi connectivity index (χ3n) is 6.05. The van der Waals surface area contributed by atoms with Crippen LogP contribution in [0.1, 0.15) is 35.3 Å². The second-order valence-corrected chi connectivity index (χ2v) is 8.72. The van der Waals surface area contributed by atoms with E-state index in [1.54, 1.807) is 12.3 Å². The second-order valence-electron chi connectivity index (χ2n) is 8.72. The van der Waals surface area contributed by atoms with E-state index < -0.39 is 0 Å². The smallest absolute Gasteiger partial charge is 0.342 e. The Morgan fingerprint density at radius 1 is 1.06 bits per heavy atom. The number of anilines is 1. The molecule has 178 valence electrons. The van der Waals surface area contributed by atoms with Crippen molar-refractivity contribution in [3.05, 3.63) is 83.3 Å². The van der Waals surface area contributed by atoms with Gasteiger partial charge in [-0.25, -0.2) is 14.2 Å². The predicted octanol–water partition coefficient (Wildman–Crippen LogP) is 4.23. The Morgan fingerprint density at radius 3 is 2.47 bits per heavy atom. The molecule has 1 fully saturated rings. The number of hydrogen-bond donors (Lipinski definition) is 1. The fraction of sp³-hybridized carbons (Fsp3) is 0.333. The lowest BCUT2D eigenvalue weighted by molar-refractivity contribution is 0.0379. The van der Waals surface area contributed by atoms with Crippen LogP contribution < -0.4 is 10.6 Å². The van der Waals surface area contributed by atoms with Crippen molar-refractivity contribution in [3.63, 3.8) is 0 Å². The Labute approximate surface area is 200 Å². The van der Waals surface area contributed by atoms with E-state index in [1.165, 1.54) is 6.07 Å². The largest absolute Gasteiger partial charge is 0.459 e. The maximum atomic E-state index is 14.1. The summed E-state index contributed by atoms with van der Waals surface area (Å²) in [5, 5.41) is 0. The van der Waals surface area contributed by atoms with Gasteiger partial charge in [-0.2, -0.15) is 0 Å². The first kappa shape index (κ1) is 23.9. The van der Waals surface area contributed by atoms with Crippen LogP contribution in [0.25, 0.3) is 11.1 Å². The summed E-state index contributed by atoms with van der Waals surface area (Å²) in [6.07, 6.45) is 1.51. The zero-order valence-electron chi connectivity index (χ0n) is 19.7.